The lowest BCUT2D eigenvalue weighted by Crippen LogP contribution is -2.33. The Morgan fingerprint density at radius 3 is 2.43 bits per heavy atom. The van der Waals surface area contributed by atoms with Crippen LogP contribution < -0.4 is 4.90 Å². The predicted molar refractivity (Wildman–Crippen MR) is 89.3 cm³/mol. The van der Waals surface area contributed by atoms with E-state index in [0.29, 0.717) is 0 Å². The summed E-state index contributed by atoms with van der Waals surface area (Å²) in [6.45, 7) is 11.5. The van der Waals surface area contributed by atoms with Gasteiger partial charge >= 0.3 is 0 Å². The van der Waals surface area contributed by atoms with Gasteiger partial charge in [-0.05, 0) is 45.2 Å². The lowest BCUT2D eigenvalue weighted by Gasteiger charge is -2.26. The van der Waals surface area contributed by atoms with E-state index >= 15 is 0 Å². The van der Waals surface area contributed by atoms with Gasteiger partial charge in [0.15, 0.2) is 0 Å². The van der Waals surface area contributed by atoms with Crippen LogP contribution in [-0.2, 0) is 5.41 Å². The van der Waals surface area contributed by atoms with Crippen molar-refractivity contribution in [2.75, 3.05) is 31.1 Å². The molecule has 0 aromatic carbocycles. The Hall–Kier alpha value is -0.680. The van der Waals surface area contributed by atoms with Crippen LogP contribution in [0.5, 0.6) is 0 Å². The highest BCUT2D eigenvalue weighted by molar-refractivity contribution is 7.09. The highest BCUT2D eigenvalue weighted by Gasteiger charge is 2.27. The zero-order valence-electron chi connectivity index (χ0n) is 13.6. The summed E-state index contributed by atoms with van der Waals surface area (Å²) in [6, 6.07) is 0.799. The fourth-order valence-corrected chi connectivity index (χ4v) is 4.30. The number of likely N-dealkylation sites (tertiary alicyclic amines) is 1. The van der Waals surface area contributed by atoms with Crippen molar-refractivity contribution in [3.8, 4) is 0 Å². The number of hydrogen-bond acceptors (Lipinski definition) is 5. The minimum absolute atomic E-state index is 0.0543. The van der Waals surface area contributed by atoms with Gasteiger partial charge in [-0.3, -0.25) is 0 Å². The smallest absolute Gasteiger partial charge is 0.205 e. The number of nitrogens with zero attached hydrogens (tertiary/aromatic N) is 4. The van der Waals surface area contributed by atoms with Crippen molar-refractivity contribution in [2.45, 2.75) is 64.3 Å². The van der Waals surface area contributed by atoms with Crippen molar-refractivity contribution in [2.24, 2.45) is 0 Å². The number of rotatable bonds is 2. The van der Waals surface area contributed by atoms with E-state index in [9.17, 15) is 0 Å². The van der Waals surface area contributed by atoms with Crippen LogP contribution in [0.1, 0.15) is 58.7 Å². The molecule has 0 N–H and O–H groups in total. The quantitative estimate of drug-likeness (QED) is 0.839. The molecule has 21 heavy (non-hydrogen) atoms. The van der Waals surface area contributed by atoms with Crippen LogP contribution >= 0.6 is 11.5 Å². The summed E-state index contributed by atoms with van der Waals surface area (Å²) in [6.07, 6.45) is 6.70. The van der Waals surface area contributed by atoms with E-state index in [2.05, 4.69) is 34.9 Å². The van der Waals surface area contributed by atoms with E-state index in [4.69, 9.17) is 4.98 Å². The van der Waals surface area contributed by atoms with Gasteiger partial charge in [-0.25, -0.2) is 4.98 Å². The second-order valence-electron chi connectivity index (χ2n) is 7.47. The largest absolute Gasteiger partial charge is 0.347 e. The molecule has 3 rings (SSSR count). The molecule has 0 saturated carbocycles. The van der Waals surface area contributed by atoms with Crippen molar-refractivity contribution in [3.63, 3.8) is 0 Å². The minimum atomic E-state index is 0.0543. The standard InChI is InChI=1S/C16H28N4S/c1-16(2,3)14-17-15(21-18-14)20-11-6-7-13(8-12-20)19-9-4-5-10-19/h13H,4-12H2,1-3H3. The van der Waals surface area contributed by atoms with Crippen molar-refractivity contribution >= 4 is 16.7 Å². The molecule has 118 valence electrons. The molecule has 0 amide bonds. The van der Waals surface area contributed by atoms with Crippen LogP contribution in [0.25, 0.3) is 0 Å². The summed E-state index contributed by atoms with van der Waals surface area (Å²) in [4.78, 5) is 9.96. The molecule has 0 spiro atoms. The van der Waals surface area contributed by atoms with Crippen LogP contribution in [0, 0.1) is 0 Å². The first-order valence-electron chi connectivity index (χ1n) is 8.37. The predicted octanol–water partition coefficient (Wildman–Crippen LogP) is 3.29. The molecule has 3 heterocycles. The Morgan fingerprint density at radius 2 is 1.76 bits per heavy atom. The monoisotopic (exact) mass is 308 g/mol. The summed E-state index contributed by atoms with van der Waals surface area (Å²) in [5.74, 6) is 0.989. The Bertz CT molecular complexity index is 459. The van der Waals surface area contributed by atoms with Gasteiger partial charge in [0, 0.05) is 36.1 Å². The first kappa shape index (κ1) is 15.2. The number of hydrogen-bond donors (Lipinski definition) is 0. The lowest BCUT2D eigenvalue weighted by atomic mass is 9.96. The summed E-state index contributed by atoms with van der Waals surface area (Å²) >= 11 is 1.58. The van der Waals surface area contributed by atoms with Crippen LogP contribution in [0.3, 0.4) is 0 Å². The first-order chi connectivity index (χ1) is 10.0. The molecule has 1 unspecified atom stereocenters. The van der Waals surface area contributed by atoms with E-state index < -0.39 is 0 Å². The van der Waals surface area contributed by atoms with Crippen molar-refractivity contribution in [1.29, 1.82) is 0 Å². The van der Waals surface area contributed by atoms with Crippen LogP contribution in [-0.4, -0.2) is 46.5 Å². The molecule has 0 bridgehead atoms. The molecule has 2 aliphatic rings. The summed E-state index contributed by atoms with van der Waals surface area (Å²) in [7, 11) is 0. The highest BCUT2D eigenvalue weighted by Crippen LogP contribution is 2.28. The lowest BCUT2D eigenvalue weighted by molar-refractivity contribution is 0.225. The second kappa shape index (κ2) is 6.21. The van der Waals surface area contributed by atoms with Crippen molar-refractivity contribution < 1.29 is 0 Å². The Kier molecular flexibility index (Phi) is 4.50. The number of aromatic nitrogens is 2. The third kappa shape index (κ3) is 3.57. The van der Waals surface area contributed by atoms with Gasteiger partial charge in [0.05, 0.1) is 0 Å². The minimum Gasteiger partial charge on any atom is -0.347 e. The van der Waals surface area contributed by atoms with Gasteiger partial charge in [-0.1, -0.05) is 20.8 Å². The van der Waals surface area contributed by atoms with E-state index in [1.807, 2.05) is 0 Å². The maximum atomic E-state index is 4.79. The van der Waals surface area contributed by atoms with Crippen LogP contribution in [0.4, 0.5) is 5.13 Å². The van der Waals surface area contributed by atoms with Gasteiger partial charge in [0.1, 0.15) is 5.82 Å². The van der Waals surface area contributed by atoms with Gasteiger partial charge in [-0.15, -0.1) is 0 Å². The fraction of sp³-hybridized carbons (Fsp3) is 0.875. The van der Waals surface area contributed by atoms with E-state index in [0.717, 1.165) is 30.1 Å². The third-order valence-corrected chi connectivity index (χ3v) is 5.49. The molecule has 1 atom stereocenters. The molecule has 2 fully saturated rings. The Morgan fingerprint density at radius 1 is 1.00 bits per heavy atom. The van der Waals surface area contributed by atoms with Gasteiger partial charge < -0.3 is 9.80 Å². The third-order valence-electron chi connectivity index (χ3n) is 4.71. The normalized spacial score (nSPS) is 25.3. The second-order valence-corrected chi connectivity index (χ2v) is 8.20. The summed E-state index contributed by atoms with van der Waals surface area (Å²) in [5.41, 5.74) is 0.0543. The zero-order chi connectivity index (χ0) is 14.9. The maximum absolute atomic E-state index is 4.79. The molecule has 4 nitrogen and oxygen atoms in total. The average molecular weight is 308 g/mol. The van der Waals surface area contributed by atoms with Crippen LogP contribution in [0.15, 0.2) is 0 Å². The zero-order valence-corrected chi connectivity index (χ0v) is 14.5. The number of anilines is 1. The summed E-state index contributed by atoms with van der Waals surface area (Å²) < 4.78 is 4.57. The Balaban J connectivity index is 1.63. The van der Waals surface area contributed by atoms with Gasteiger partial charge in [0.25, 0.3) is 0 Å². The molecule has 1 aromatic rings. The van der Waals surface area contributed by atoms with E-state index in [1.165, 1.54) is 45.2 Å². The molecule has 0 radical (unpaired) electrons. The van der Waals surface area contributed by atoms with Gasteiger partial charge in [-0.2, -0.15) is 4.37 Å². The van der Waals surface area contributed by atoms with E-state index in [1.54, 1.807) is 11.5 Å². The molecule has 2 saturated heterocycles. The van der Waals surface area contributed by atoms with Gasteiger partial charge in [0.2, 0.25) is 5.13 Å². The molecule has 2 aliphatic heterocycles. The Labute approximate surface area is 132 Å². The molecular formula is C16H28N4S. The summed E-state index contributed by atoms with van der Waals surface area (Å²) in [5, 5.41) is 1.13. The molecule has 0 aliphatic carbocycles. The molecular weight excluding hydrogens is 280 g/mol. The highest BCUT2D eigenvalue weighted by atomic mass is 32.1. The van der Waals surface area contributed by atoms with Crippen molar-refractivity contribution in [3.05, 3.63) is 5.82 Å². The SMILES string of the molecule is CC(C)(C)c1nsc(N2CCCC(N3CCCC3)CC2)n1. The van der Waals surface area contributed by atoms with E-state index in [-0.39, 0.29) is 5.41 Å². The average Bonchev–Trinajstić information content (AvgIpc) is 3.06. The topological polar surface area (TPSA) is 32.3 Å². The fourth-order valence-electron chi connectivity index (χ4n) is 3.39. The van der Waals surface area contributed by atoms with Crippen LogP contribution in [0.2, 0.25) is 0 Å². The van der Waals surface area contributed by atoms with Crippen molar-refractivity contribution in [1.82, 2.24) is 14.3 Å². The maximum Gasteiger partial charge on any atom is 0.205 e. The first-order valence-corrected chi connectivity index (χ1v) is 9.14. The molecule has 5 heteroatoms. The molecule has 1 aromatic heterocycles.